The Morgan fingerprint density at radius 1 is 1.27 bits per heavy atom. The molecule has 4 aliphatic rings. The van der Waals surface area contributed by atoms with Crippen LogP contribution in [0.3, 0.4) is 0 Å². The minimum atomic E-state index is -4.61. The van der Waals surface area contributed by atoms with E-state index in [1.807, 2.05) is 9.80 Å². The number of alkyl halides is 3. The van der Waals surface area contributed by atoms with Gasteiger partial charge >= 0.3 is 6.18 Å². The summed E-state index contributed by atoms with van der Waals surface area (Å²) in [5, 5.41) is 14.9. The summed E-state index contributed by atoms with van der Waals surface area (Å²) in [6, 6.07) is 1.42. The Labute approximate surface area is 214 Å². The number of piperazine rings is 1. The lowest BCUT2D eigenvalue weighted by atomic mass is 9.70. The van der Waals surface area contributed by atoms with Crippen LogP contribution in [0.25, 0.3) is 0 Å². The predicted octanol–water partition coefficient (Wildman–Crippen LogP) is 1.99. The standard InChI is InChI=1S/C25H36F3N5O4/c1-23(2,35)24(7-4-15(11-24)30-18-6-9-37-14-19(18)36-3)22(34)33-13-16-10-17(33)12-32(16)20-5-8-29-21(31-20)25(26,27)28/h5,8,15-19,30,35H,4,6-7,9-14H2,1-3H3. The molecule has 4 fully saturated rings. The van der Waals surface area contributed by atoms with Crippen LogP contribution >= 0.6 is 0 Å². The summed E-state index contributed by atoms with van der Waals surface area (Å²) in [7, 11) is 1.67. The number of rotatable bonds is 6. The van der Waals surface area contributed by atoms with E-state index >= 15 is 0 Å². The lowest BCUT2D eigenvalue weighted by Crippen LogP contribution is -2.59. The van der Waals surface area contributed by atoms with Gasteiger partial charge in [-0.2, -0.15) is 13.2 Å². The molecule has 0 radical (unpaired) electrons. The molecule has 1 saturated carbocycles. The third-order valence-electron chi connectivity index (χ3n) is 8.84. The first kappa shape index (κ1) is 26.6. The molecule has 0 spiro atoms. The van der Waals surface area contributed by atoms with Gasteiger partial charge in [0.25, 0.3) is 0 Å². The molecule has 1 aliphatic carbocycles. The number of likely N-dealkylation sites (tertiary alicyclic amines) is 1. The van der Waals surface area contributed by atoms with Crippen molar-refractivity contribution in [1.82, 2.24) is 20.2 Å². The third kappa shape index (κ3) is 4.81. The van der Waals surface area contributed by atoms with E-state index in [2.05, 4.69) is 15.3 Å². The highest BCUT2D eigenvalue weighted by molar-refractivity contribution is 5.85. The number of carbonyl (C=O) groups is 1. The number of hydrogen-bond acceptors (Lipinski definition) is 8. The maximum Gasteiger partial charge on any atom is 0.451 e. The Hall–Kier alpha value is -2.02. The number of halogens is 3. The Morgan fingerprint density at radius 3 is 2.70 bits per heavy atom. The van der Waals surface area contributed by atoms with Gasteiger partial charge in [-0.3, -0.25) is 4.79 Å². The van der Waals surface area contributed by atoms with Crippen LogP contribution in [-0.4, -0.2) is 95.2 Å². The summed E-state index contributed by atoms with van der Waals surface area (Å²) in [5.74, 6) is -0.995. The number of methoxy groups -OCH3 is 1. The molecule has 5 rings (SSSR count). The quantitative estimate of drug-likeness (QED) is 0.580. The minimum absolute atomic E-state index is 0.0541. The van der Waals surface area contributed by atoms with Gasteiger partial charge in [-0.25, -0.2) is 9.97 Å². The molecule has 1 aromatic rings. The van der Waals surface area contributed by atoms with Gasteiger partial charge < -0.3 is 29.7 Å². The summed E-state index contributed by atoms with van der Waals surface area (Å²) in [6.07, 6.45) is -0.214. The van der Waals surface area contributed by atoms with Gasteiger partial charge in [0.05, 0.1) is 35.8 Å². The highest BCUT2D eigenvalue weighted by Gasteiger charge is 2.59. The number of aromatic nitrogens is 2. The van der Waals surface area contributed by atoms with Crippen LogP contribution in [0.2, 0.25) is 0 Å². The van der Waals surface area contributed by atoms with Gasteiger partial charge in [0.2, 0.25) is 11.7 Å². The maximum atomic E-state index is 14.1. The molecule has 3 aliphatic heterocycles. The lowest BCUT2D eigenvalue weighted by molar-refractivity contribution is -0.159. The topological polar surface area (TPSA) is 100 Å². The first-order valence-corrected chi connectivity index (χ1v) is 13.0. The summed E-state index contributed by atoms with van der Waals surface area (Å²) >= 11 is 0. The van der Waals surface area contributed by atoms with Crippen LogP contribution in [0.15, 0.2) is 12.3 Å². The van der Waals surface area contributed by atoms with Gasteiger partial charge in [-0.05, 0) is 52.0 Å². The number of hydrogen-bond donors (Lipinski definition) is 2. The van der Waals surface area contributed by atoms with Crippen LogP contribution in [0, 0.1) is 5.41 Å². The number of nitrogens with zero attached hydrogens (tertiary/aromatic N) is 4. The Morgan fingerprint density at radius 2 is 2.05 bits per heavy atom. The van der Waals surface area contributed by atoms with Crippen LogP contribution in [0.5, 0.6) is 0 Å². The van der Waals surface area contributed by atoms with E-state index in [9.17, 15) is 23.1 Å². The molecule has 1 amide bonds. The second-order valence-corrected chi connectivity index (χ2v) is 11.4. The molecule has 6 unspecified atom stereocenters. The van der Waals surface area contributed by atoms with E-state index < -0.39 is 23.0 Å². The van der Waals surface area contributed by atoms with Crippen molar-refractivity contribution in [1.29, 1.82) is 0 Å². The Kier molecular flexibility index (Phi) is 6.91. The van der Waals surface area contributed by atoms with E-state index in [1.165, 1.54) is 6.07 Å². The third-order valence-corrected chi connectivity index (χ3v) is 8.84. The van der Waals surface area contributed by atoms with E-state index in [1.54, 1.807) is 21.0 Å². The van der Waals surface area contributed by atoms with Crippen LogP contribution < -0.4 is 10.2 Å². The monoisotopic (exact) mass is 527 g/mol. The van der Waals surface area contributed by atoms with Crippen LogP contribution in [-0.2, 0) is 20.4 Å². The van der Waals surface area contributed by atoms with Crippen molar-refractivity contribution in [2.24, 2.45) is 5.41 Å². The highest BCUT2D eigenvalue weighted by Crippen LogP contribution is 2.50. The fourth-order valence-corrected chi connectivity index (χ4v) is 6.75. The van der Waals surface area contributed by atoms with Crippen molar-refractivity contribution < 1.29 is 32.5 Å². The van der Waals surface area contributed by atoms with Crippen molar-refractivity contribution in [3.05, 3.63) is 18.1 Å². The van der Waals surface area contributed by atoms with E-state index in [0.717, 1.165) is 19.0 Å². The molecule has 0 aromatic carbocycles. The number of amides is 1. The zero-order valence-corrected chi connectivity index (χ0v) is 21.5. The van der Waals surface area contributed by atoms with Gasteiger partial charge in [-0.1, -0.05) is 0 Å². The maximum absolute atomic E-state index is 14.1. The normalized spacial score (nSPS) is 34.4. The van der Waals surface area contributed by atoms with Crippen LogP contribution in [0.1, 0.15) is 51.8 Å². The first-order chi connectivity index (χ1) is 17.4. The zero-order valence-electron chi connectivity index (χ0n) is 21.5. The van der Waals surface area contributed by atoms with E-state index in [0.29, 0.717) is 45.6 Å². The van der Waals surface area contributed by atoms with Gasteiger partial charge in [0, 0.05) is 45.1 Å². The molecule has 12 heteroatoms. The summed E-state index contributed by atoms with van der Waals surface area (Å²) in [6.45, 7) is 5.41. The minimum Gasteiger partial charge on any atom is -0.389 e. The summed E-state index contributed by atoms with van der Waals surface area (Å²) < 4.78 is 50.5. The molecule has 2 bridgehead atoms. The predicted molar refractivity (Wildman–Crippen MR) is 128 cm³/mol. The van der Waals surface area contributed by atoms with Crippen molar-refractivity contribution in [3.8, 4) is 0 Å². The Balaban J connectivity index is 1.29. The largest absolute Gasteiger partial charge is 0.451 e. The smallest absolute Gasteiger partial charge is 0.389 e. The number of aliphatic hydroxyl groups is 1. The molecule has 6 atom stereocenters. The van der Waals surface area contributed by atoms with Gasteiger partial charge in [0.15, 0.2) is 0 Å². The second kappa shape index (κ2) is 9.62. The van der Waals surface area contributed by atoms with Gasteiger partial charge in [0.1, 0.15) is 5.82 Å². The molecule has 2 N–H and O–H groups in total. The first-order valence-electron chi connectivity index (χ1n) is 13.0. The zero-order chi connectivity index (χ0) is 26.6. The number of nitrogens with one attached hydrogen (secondary N) is 1. The number of anilines is 1. The molecule has 9 nitrogen and oxygen atoms in total. The van der Waals surface area contributed by atoms with Gasteiger partial charge in [-0.15, -0.1) is 0 Å². The van der Waals surface area contributed by atoms with Crippen molar-refractivity contribution in [3.63, 3.8) is 0 Å². The van der Waals surface area contributed by atoms with Crippen molar-refractivity contribution in [2.75, 3.05) is 38.3 Å². The highest BCUT2D eigenvalue weighted by atomic mass is 19.4. The van der Waals surface area contributed by atoms with Crippen molar-refractivity contribution >= 4 is 11.7 Å². The molecule has 37 heavy (non-hydrogen) atoms. The summed E-state index contributed by atoms with van der Waals surface area (Å²) in [4.78, 5) is 24.9. The van der Waals surface area contributed by atoms with E-state index in [4.69, 9.17) is 9.47 Å². The van der Waals surface area contributed by atoms with Crippen LogP contribution in [0.4, 0.5) is 19.0 Å². The fraction of sp³-hybridized carbons (Fsp3) is 0.800. The molecular formula is C25H36F3N5O4. The molecule has 206 valence electrons. The lowest BCUT2D eigenvalue weighted by Gasteiger charge is -2.45. The number of fused-ring (bicyclic) bond motifs is 2. The molecule has 1 aromatic heterocycles. The van der Waals surface area contributed by atoms with E-state index in [-0.39, 0.29) is 42.0 Å². The second-order valence-electron chi connectivity index (χ2n) is 11.4. The number of carbonyl (C=O) groups excluding carboxylic acids is 1. The molecule has 3 saturated heterocycles. The Bertz CT molecular complexity index is 1010. The molecular weight excluding hydrogens is 491 g/mol. The fourth-order valence-electron chi connectivity index (χ4n) is 6.75. The molecule has 4 heterocycles. The average Bonchev–Trinajstić information content (AvgIpc) is 3.58. The van der Waals surface area contributed by atoms with Crippen molar-refractivity contribution in [2.45, 2.75) is 88.0 Å². The average molecular weight is 528 g/mol. The summed E-state index contributed by atoms with van der Waals surface area (Å²) in [5.41, 5.74) is -2.17. The number of ether oxygens (including phenoxy) is 2. The SMILES string of the molecule is COC1COCCC1NC1CCC(C(=O)N2CC3CC2CN3c2ccnc(C(F)(F)F)n2)(C(C)(C)O)C1.